The van der Waals surface area contributed by atoms with Crippen LogP contribution in [-0.4, -0.2) is 18.3 Å². The van der Waals surface area contributed by atoms with Gasteiger partial charge in [-0.15, -0.1) is 0 Å². The zero-order valence-corrected chi connectivity index (χ0v) is 8.46. The smallest absolute Gasteiger partial charge is 0.106 e. The summed E-state index contributed by atoms with van der Waals surface area (Å²) in [6, 6.07) is 1.96. The van der Waals surface area contributed by atoms with Gasteiger partial charge in [-0.05, 0) is 41.1 Å². The van der Waals surface area contributed by atoms with Crippen LogP contribution in [0.5, 0.6) is 0 Å². The molecule has 1 heterocycles. The Hall–Kier alpha value is -0.380. The van der Waals surface area contributed by atoms with Gasteiger partial charge in [0.25, 0.3) is 0 Å². The number of aliphatic hydroxyl groups excluding tert-OH is 1. The number of methoxy groups -OCH3 is 1. The second-order valence-electron chi connectivity index (χ2n) is 3.54. The van der Waals surface area contributed by atoms with Crippen molar-refractivity contribution in [2.45, 2.75) is 25.0 Å². The van der Waals surface area contributed by atoms with E-state index in [1.54, 1.807) is 18.4 Å². The highest BCUT2D eigenvalue weighted by molar-refractivity contribution is 7.07. The minimum absolute atomic E-state index is 0.00500. The molecule has 1 aliphatic carbocycles. The fourth-order valence-electron chi connectivity index (χ4n) is 1.64. The summed E-state index contributed by atoms with van der Waals surface area (Å²) in [7, 11) is 1.68. The molecule has 2 rings (SSSR count). The van der Waals surface area contributed by atoms with Gasteiger partial charge in [-0.2, -0.15) is 11.3 Å². The Balaban J connectivity index is 2.05. The van der Waals surface area contributed by atoms with Crippen molar-refractivity contribution in [1.82, 2.24) is 0 Å². The average molecular weight is 198 g/mol. The van der Waals surface area contributed by atoms with Crippen LogP contribution in [0.15, 0.2) is 16.8 Å². The highest BCUT2D eigenvalue weighted by Gasteiger charge is 2.36. The molecule has 0 spiro atoms. The van der Waals surface area contributed by atoms with Gasteiger partial charge in [0, 0.05) is 7.11 Å². The van der Waals surface area contributed by atoms with Crippen LogP contribution in [0.4, 0.5) is 0 Å². The monoisotopic (exact) mass is 198 g/mol. The van der Waals surface area contributed by atoms with E-state index in [1.807, 2.05) is 16.8 Å². The molecule has 1 aromatic rings. The first-order valence-corrected chi connectivity index (χ1v) is 5.50. The number of hydrogen-bond donors (Lipinski definition) is 1. The lowest BCUT2D eigenvalue weighted by Crippen LogP contribution is -2.22. The van der Waals surface area contributed by atoms with Crippen molar-refractivity contribution in [1.29, 1.82) is 0 Å². The molecule has 1 aliphatic rings. The molecule has 0 saturated heterocycles. The summed E-state index contributed by atoms with van der Waals surface area (Å²) in [5, 5.41) is 13.9. The minimum atomic E-state index is -0.441. The number of thiophene rings is 1. The van der Waals surface area contributed by atoms with E-state index in [-0.39, 0.29) is 6.10 Å². The summed E-state index contributed by atoms with van der Waals surface area (Å²) in [5.41, 5.74) is 0.990. The van der Waals surface area contributed by atoms with E-state index in [9.17, 15) is 5.11 Å². The predicted molar refractivity (Wildman–Crippen MR) is 52.8 cm³/mol. The second kappa shape index (κ2) is 3.78. The number of aliphatic hydroxyl groups is 1. The largest absolute Gasteiger partial charge is 0.386 e. The van der Waals surface area contributed by atoms with Crippen molar-refractivity contribution in [2.24, 2.45) is 5.92 Å². The topological polar surface area (TPSA) is 29.5 Å². The maximum absolute atomic E-state index is 9.96. The Kier molecular flexibility index (Phi) is 2.67. The fourth-order valence-corrected chi connectivity index (χ4v) is 2.33. The van der Waals surface area contributed by atoms with E-state index in [0.29, 0.717) is 5.92 Å². The van der Waals surface area contributed by atoms with Crippen molar-refractivity contribution in [3.8, 4) is 0 Å². The van der Waals surface area contributed by atoms with Crippen molar-refractivity contribution >= 4 is 11.3 Å². The van der Waals surface area contributed by atoms with E-state index in [4.69, 9.17) is 4.74 Å². The van der Waals surface area contributed by atoms with Gasteiger partial charge in [-0.1, -0.05) is 0 Å². The minimum Gasteiger partial charge on any atom is -0.386 e. The van der Waals surface area contributed by atoms with Gasteiger partial charge in [0.05, 0.1) is 6.10 Å². The van der Waals surface area contributed by atoms with Crippen LogP contribution in [0.2, 0.25) is 0 Å². The molecule has 0 aliphatic heterocycles. The van der Waals surface area contributed by atoms with Crippen LogP contribution in [-0.2, 0) is 4.74 Å². The Labute approximate surface area is 82.2 Å². The summed E-state index contributed by atoms with van der Waals surface area (Å²) in [4.78, 5) is 0. The molecule has 1 N–H and O–H groups in total. The molecule has 0 aromatic carbocycles. The van der Waals surface area contributed by atoms with Crippen molar-refractivity contribution in [3.05, 3.63) is 22.4 Å². The van der Waals surface area contributed by atoms with E-state index in [0.717, 1.165) is 5.56 Å². The third-order valence-electron chi connectivity index (χ3n) is 2.55. The van der Waals surface area contributed by atoms with Gasteiger partial charge in [0.2, 0.25) is 0 Å². The van der Waals surface area contributed by atoms with Crippen LogP contribution < -0.4 is 0 Å². The Morgan fingerprint density at radius 1 is 1.62 bits per heavy atom. The van der Waals surface area contributed by atoms with E-state index in [2.05, 4.69) is 0 Å². The molecule has 72 valence electrons. The van der Waals surface area contributed by atoms with Crippen LogP contribution in [0, 0.1) is 5.92 Å². The molecule has 2 nitrogen and oxygen atoms in total. The highest BCUT2D eigenvalue weighted by atomic mass is 32.1. The Morgan fingerprint density at radius 2 is 2.38 bits per heavy atom. The predicted octanol–water partition coefficient (Wildman–Crippen LogP) is 2.21. The number of ether oxygens (including phenoxy) is 1. The molecule has 2 unspecified atom stereocenters. The molecule has 1 fully saturated rings. The van der Waals surface area contributed by atoms with Gasteiger partial charge in [0.15, 0.2) is 0 Å². The first kappa shape index (κ1) is 9.19. The quantitative estimate of drug-likeness (QED) is 0.803. The summed E-state index contributed by atoms with van der Waals surface area (Å²) in [5.74, 6) is 0.569. The molecular formula is C10H14O2S. The maximum Gasteiger partial charge on any atom is 0.106 e. The molecule has 2 atom stereocenters. The average Bonchev–Trinajstić information content (AvgIpc) is 2.83. The Bertz CT molecular complexity index is 254. The van der Waals surface area contributed by atoms with Crippen molar-refractivity contribution < 1.29 is 9.84 Å². The molecular weight excluding hydrogens is 184 g/mol. The zero-order valence-electron chi connectivity index (χ0n) is 7.64. The van der Waals surface area contributed by atoms with Crippen LogP contribution in [0.1, 0.15) is 24.5 Å². The third-order valence-corrected chi connectivity index (χ3v) is 3.26. The van der Waals surface area contributed by atoms with E-state index < -0.39 is 6.10 Å². The van der Waals surface area contributed by atoms with Gasteiger partial charge < -0.3 is 9.84 Å². The first-order chi connectivity index (χ1) is 6.33. The second-order valence-corrected chi connectivity index (χ2v) is 4.32. The summed E-state index contributed by atoms with van der Waals surface area (Å²) in [6.07, 6.45) is 1.94. The van der Waals surface area contributed by atoms with Crippen molar-refractivity contribution in [2.75, 3.05) is 7.11 Å². The lowest BCUT2D eigenvalue weighted by molar-refractivity contribution is -0.0257. The van der Waals surface area contributed by atoms with Crippen LogP contribution in [0.3, 0.4) is 0 Å². The van der Waals surface area contributed by atoms with Gasteiger partial charge in [-0.25, -0.2) is 0 Å². The lowest BCUT2D eigenvalue weighted by atomic mass is 10.0. The summed E-state index contributed by atoms with van der Waals surface area (Å²) < 4.78 is 5.31. The first-order valence-electron chi connectivity index (χ1n) is 4.56. The molecule has 1 saturated carbocycles. The van der Waals surface area contributed by atoms with E-state index >= 15 is 0 Å². The van der Waals surface area contributed by atoms with Gasteiger partial charge in [0.1, 0.15) is 6.10 Å². The lowest BCUT2D eigenvalue weighted by Gasteiger charge is -2.20. The molecule has 0 radical (unpaired) electrons. The fraction of sp³-hybridized carbons (Fsp3) is 0.600. The molecule has 13 heavy (non-hydrogen) atoms. The van der Waals surface area contributed by atoms with E-state index in [1.165, 1.54) is 12.8 Å². The Morgan fingerprint density at radius 3 is 2.85 bits per heavy atom. The number of hydrogen-bond acceptors (Lipinski definition) is 3. The normalized spacial score (nSPS) is 21.4. The summed E-state index contributed by atoms with van der Waals surface area (Å²) in [6.45, 7) is 0. The third kappa shape index (κ3) is 1.93. The highest BCUT2D eigenvalue weighted by Crippen LogP contribution is 2.39. The zero-order chi connectivity index (χ0) is 9.26. The molecule has 0 amide bonds. The van der Waals surface area contributed by atoms with Gasteiger partial charge in [-0.3, -0.25) is 0 Å². The SMILES string of the molecule is COC(C1CC1)C(O)c1ccsc1. The molecule has 0 bridgehead atoms. The maximum atomic E-state index is 9.96. The molecule has 3 heteroatoms. The van der Waals surface area contributed by atoms with Gasteiger partial charge >= 0.3 is 0 Å². The van der Waals surface area contributed by atoms with Crippen LogP contribution >= 0.6 is 11.3 Å². The number of rotatable bonds is 4. The summed E-state index contributed by atoms with van der Waals surface area (Å²) >= 11 is 1.61. The molecule has 1 aromatic heterocycles. The standard InChI is InChI=1S/C10H14O2S/c1-12-10(7-2-3-7)9(11)8-4-5-13-6-8/h4-7,9-11H,2-3H2,1H3. The van der Waals surface area contributed by atoms with Crippen LogP contribution in [0.25, 0.3) is 0 Å². The van der Waals surface area contributed by atoms with Crippen molar-refractivity contribution in [3.63, 3.8) is 0 Å².